The predicted molar refractivity (Wildman–Crippen MR) is 96.7 cm³/mol. The molecular weight excluding hydrogens is 338 g/mol. The van der Waals surface area contributed by atoms with Crippen molar-refractivity contribution in [3.63, 3.8) is 0 Å². The fourth-order valence-corrected chi connectivity index (χ4v) is 3.77. The first-order valence-corrected chi connectivity index (χ1v) is 9.59. The zero-order valence-electron chi connectivity index (χ0n) is 14.4. The van der Waals surface area contributed by atoms with Crippen LogP contribution in [0, 0.1) is 6.92 Å². The van der Waals surface area contributed by atoms with Gasteiger partial charge in [-0.3, -0.25) is 4.79 Å². The first kappa shape index (κ1) is 19.1. The summed E-state index contributed by atoms with van der Waals surface area (Å²) in [5, 5.41) is 0. The number of carbonyl (C=O) groups excluding carboxylic acids is 1. The van der Waals surface area contributed by atoms with Crippen LogP contribution >= 0.6 is 0 Å². The minimum atomic E-state index is -3.65. The third-order valence-corrected chi connectivity index (χ3v) is 5.44. The first-order valence-electron chi connectivity index (χ1n) is 8.10. The quantitative estimate of drug-likeness (QED) is 0.734. The number of hydrogen-bond donors (Lipinski definition) is 1. The van der Waals surface area contributed by atoms with Crippen molar-refractivity contribution in [1.29, 1.82) is 0 Å². The summed E-state index contributed by atoms with van der Waals surface area (Å²) in [7, 11) is -2.33. The molecule has 0 spiro atoms. The van der Waals surface area contributed by atoms with Crippen LogP contribution in [0.2, 0.25) is 0 Å². The molecule has 6 heteroatoms. The molecule has 0 fully saturated rings. The zero-order chi connectivity index (χ0) is 18.3. The standard InChI is InChI=1S/C19H23NO4S/c1-15-8-11-18(12-9-15)25(22,23)20-17(10-13-19(21)24-2)14-16-6-4-3-5-7-16/h3-9,11-12,17,20H,10,13-14H2,1-2H3/t17-/m1/s1. The second-order valence-corrected chi connectivity index (χ2v) is 7.65. The van der Waals surface area contributed by atoms with Gasteiger partial charge in [0.2, 0.25) is 10.0 Å². The van der Waals surface area contributed by atoms with Crippen LogP contribution < -0.4 is 4.72 Å². The molecule has 0 aromatic heterocycles. The van der Waals surface area contributed by atoms with Crippen molar-refractivity contribution in [3.05, 3.63) is 65.7 Å². The molecule has 0 aliphatic rings. The van der Waals surface area contributed by atoms with E-state index in [2.05, 4.69) is 9.46 Å². The number of esters is 1. The van der Waals surface area contributed by atoms with Gasteiger partial charge in [-0.05, 0) is 37.5 Å². The second kappa shape index (κ2) is 8.78. The Balaban J connectivity index is 2.15. The molecule has 2 rings (SSSR count). The fourth-order valence-electron chi connectivity index (χ4n) is 2.50. The summed E-state index contributed by atoms with van der Waals surface area (Å²) < 4.78 is 32.6. The highest BCUT2D eigenvalue weighted by Gasteiger charge is 2.21. The van der Waals surface area contributed by atoms with Crippen molar-refractivity contribution in [3.8, 4) is 0 Å². The molecule has 0 saturated heterocycles. The van der Waals surface area contributed by atoms with E-state index >= 15 is 0 Å². The van der Waals surface area contributed by atoms with Crippen molar-refractivity contribution in [1.82, 2.24) is 4.72 Å². The molecule has 0 radical (unpaired) electrons. The molecule has 0 heterocycles. The summed E-state index contributed by atoms with van der Waals surface area (Å²) >= 11 is 0. The van der Waals surface area contributed by atoms with Crippen molar-refractivity contribution >= 4 is 16.0 Å². The number of rotatable bonds is 8. The van der Waals surface area contributed by atoms with Crippen LogP contribution in [0.1, 0.15) is 24.0 Å². The van der Waals surface area contributed by atoms with E-state index in [1.807, 2.05) is 37.3 Å². The molecule has 0 bridgehead atoms. The normalized spacial score (nSPS) is 12.6. The van der Waals surface area contributed by atoms with Gasteiger partial charge in [-0.2, -0.15) is 0 Å². The van der Waals surface area contributed by atoms with E-state index in [1.165, 1.54) is 7.11 Å². The minimum Gasteiger partial charge on any atom is -0.469 e. The Morgan fingerprint density at radius 3 is 2.32 bits per heavy atom. The third-order valence-electron chi connectivity index (χ3n) is 3.90. The third kappa shape index (κ3) is 5.99. The lowest BCUT2D eigenvalue weighted by molar-refractivity contribution is -0.140. The van der Waals surface area contributed by atoms with Gasteiger partial charge < -0.3 is 4.74 Å². The van der Waals surface area contributed by atoms with Gasteiger partial charge in [0.25, 0.3) is 0 Å². The molecular formula is C19H23NO4S. The Morgan fingerprint density at radius 1 is 1.08 bits per heavy atom. The highest BCUT2D eigenvalue weighted by atomic mass is 32.2. The highest BCUT2D eigenvalue weighted by Crippen LogP contribution is 2.14. The van der Waals surface area contributed by atoms with Gasteiger partial charge in [-0.15, -0.1) is 0 Å². The predicted octanol–water partition coefficient (Wildman–Crippen LogP) is 2.84. The lowest BCUT2D eigenvalue weighted by Crippen LogP contribution is -2.37. The summed E-state index contributed by atoms with van der Waals surface area (Å²) in [5.41, 5.74) is 1.99. The number of carbonyl (C=O) groups is 1. The first-order chi connectivity index (χ1) is 11.9. The summed E-state index contributed by atoms with van der Waals surface area (Å²) in [6.45, 7) is 1.90. The van der Waals surface area contributed by atoms with Crippen LogP contribution in [-0.4, -0.2) is 27.5 Å². The number of benzene rings is 2. The van der Waals surface area contributed by atoms with Crippen LogP contribution in [0.25, 0.3) is 0 Å². The Labute approximate surface area is 149 Å². The van der Waals surface area contributed by atoms with Crippen LogP contribution in [0.5, 0.6) is 0 Å². The van der Waals surface area contributed by atoms with E-state index in [4.69, 9.17) is 0 Å². The van der Waals surface area contributed by atoms with Crippen LogP contribution in [-0.2, 0) is 26.0 Å². The molecule has 0 saturated carbocycles. The monoisotopic (exact) mass is 361 g/mol. The van der Waals surface area contributed by atoms with E-state index < -0.39 is 16.1 Å². The van der Waals surface area contributed by atoms with Gasteiger partial charge >= 0.3 is 5.97 Å². The Kier molecular flexibility index (Phi) is 6.73. The van der Waals surface area contributed by atoms with Gasteiger partial charge in [0.1, 0.15) is 0 Å². The maximum Gasteiger partial charge on any atom is 0.305 e. The average molecular weight is 361 g/mol. The maximum absolute atomic E-state index is 12.6. The minimum absolute atomic E-state index is 0.157. The summed E-state index contributed by atoms with van der Waals surface area (Å²) in [6.07, 6.45) is 1.03. The van der Waals surface area contributed by atoms with Gasteiger partial charge in [0, 0.05) is 12.5 Å². The molecule has 134 valence electrons. The molecule has 5 nitrogen and oxygen atoms in total. The highest BCUT2D eigenvalue weighted by molar-refractivity contribution is 7.89. The van der Waals surface area contributed by atoms with Gasteiger partial charge in [0.05, 0.1) is 12.0 Å². The average Bonchev–Trinajstić information content (AvgIpc) is 2.60. The number of ether oxygens (including phenoxy) is 1. The van der Waals surface area contributed by atoms with Gasteiger partial charge in [-0.25, -0.2) is 13.1 Å². The Bertz CT molecular complexity index is 786. The largest absolute Gasteiger partial charge is 0.469 e. The lowest BCUT2D eigenvalue weighted by Gasteiger charge is -2.19. The number of nitrogens with one attached hydrogen (secondary N) is 1. The smallest absolute Gasteiger partial charge is 0.305 e. The van der Waals surface area contributed by atoms with Crippen LogP contribution in [0.15, 0.2) is 59.5 Å². The molecule has 1 N–H and O–H groups in total. The fraction of sp³-hybridized carbons (Fsp3) is 0.316. The number of sulfonamides is 1. The van der Waals surface area contributed by atoms with Crippen molar-refractivity contribution < 1.29 is 17.9 Å². The second-order valence-electron chi connectivity index (χ2n) is 5.94. The summed E-state index contributed by atoms with van der Waals surface area (Å²) in [5.74, 6) is -0.354. The van der Waals surface area contributed by atoms with Gasteiger partial charge in [-0.1, -0.05) is 48.0 Å². The van der Waals surface area contributed by atoms with E-state index in [-0.39, 0.29) is 17.3 Å². The molecule has 0 amide bonds. The molecule has 2 aromatic carbocycles. The van der Waals surface area contributed by atoms with Crippen molar-refractivity contribution in [2.24, 2.45) is 0 Å². The number of hydrogen-bond acceptors (Lipinski definition) is 4. The molecule has 0 aliphatic carbocycles. The topological polar surface area (TPSA) is 72.5 Å². The zero-order valence-corrected chi connectivity index (χ0v) is 15.3. The van der Waals surface area contributed by atoms with E-state index in [9.17, 15) is 13.2 Å². The van der Waals surface area contributed by atoms with Crippen molar-refractivity contribution in [2.75, 3.05) is 7.11 Å². The lowest BCUT2D eigenvalue weighted by atomic mass is 10.0. The SMILES string of the molecule is COC(=O)CC[C@H](Cc1ccccc1)NS(=O)(=O)c1ccc(C)cc1. The molecule has 2 aromatic rings. The molecule has 0 aliphatic heterocycles. The van der Waals surface area contributed by atoms with Gasteiger partial charge in [0.15, 0.2) is 0 Å². The Morgan fingerprint density at radius 2 is 1.72 bits per heavy atom. The maximum atomic E-state index is 12.6. The van der Waals surface area contributed by atoms with Crippen LogP contribution in [0.3, 0.4) is 0 Å². The molecule has 0 unspecified atom stereocenters. The van der Waals surface area contributed by atoms with E-state index in [1.54, 1.807) is 24.3 Å². The summed E-state index contributed by atoms with van der Waals surface area (Å²) in [4.78, 5) is 11.7. The number of methoxy groups -OCH3 is 1. The van der Waals surface area contributed by atoms with Crippen LogP contribution in [0.4, 0.5) is 0 Å². The number of aryl methyl sites for hydroxylation is 1. The van der Waals surface area contributed by atoms with E-state index in [0.29, 0.717) is 12.8 Å². The van der Waals surface area contributed by atoms with Crippen molar-refractivity contribution in [2.45, 2.75) is 37.1 Å². The summed E-state index contributed by atoms with van der Waals surface area (Å²) in [6, 6.07) is 15.9. The molecule has 1 atom stereocenters. The van der Waals surface area contributed by atoms with E-state index in [0.717, 1.165) is 11.1 Å². The Hall–Kier alpha value is -2.18. The molecule has 25 heavy (non-hydrogen) atoms.